The van der Waals surface area contributed by atoms with Gasteiger partial charge in [0, 0.05) is 25.2 Å². The van der Waals surface area contributed by atoms with Gasteiger partial charge >= 0.3 is 0 Å². The van der Waals surface area contributed by atoms with E-state index in [1.165, 1.54) is 0 Å². The molecule has 1 rings (SSSR count). The zero-order chi connectivity index (χ0) is 12.6. The first-order valence-electron chi connectivity index (χ1n) is 6.28. The van der Waals surface area contributed by atoms with Crippen molar-refractivity contribution >= 4 is 0 Å². The van der Waals surface area contributed by atoms with Gasteiger partial charge in [-0.15, -0.1) is 0 Å². The van der Waals surface area contributed by atoms with E-state index in [0.717, 1.165) is 19.6 Å². The summed E-state index contributed by atoms with van der Waals surface area (Å²) < 4.78 is 5.74. The maximum absolute atomic E-state index is 6.24. The Bertz CT molecular complexity index is 223. The van der Waals surface area contributed by atoms with Gasteiger partial charge in [-0.05, 0) is 33.1 Å². The highest BCUT2D eigenvalue weighted by Crippen LogP contribution is 2.30. The summed E-state index contributed by atoms with van der Waals surface area (Å²) in [5.74, 6) is 0. The van der Waals surface area contributed by atoms with E-state index in [1.54, 1.807) is 0 Å². The molecule has 1 heterocycles. The fourth-order valence-corrected chi connectivity index (χ4v) is 2.18. The zero-order valence-corrected chi connectivity index (χ0v) is 11.7. The third kappa shape index (κ3) is 3.44. The molecule has 2 N–H and O–H groups in total. The van der Waals surface area contributed by atoms with Crippen molar-refractivity contribution in [3.8, 4) is 0 Å². The van der Waals surface area contributed by atoms with E-state index in [2.05, 4.69) is 46.4 Å². The third-order valence-corrected chi connectivity index (χ3v) is 3.86. The van der Waals surface area contributed by atoms with Gasteiger partial charge in [0.2, 0.25) is 0 Å². The third-order valence-electron chi connectivity index (χ3n) is 3.86. The lowest BCUT2D eigenvalue weighted by Crippen LogP contribution is -2.56. The van der Waals surface area contributed by atoms with Crippen LogP contribution in [0, 0.1) is 5.41 Å². The van der Waals surface area contributed by atoms with Gasteiger partial charge < -0.3 is 10.5 Å². The predicted octanol–water partition coefficient (Wildman–Crippen LogP) is 1.86. The first-order valence-corrected chi connectivity index (χ1v) is 6.28. The standard InChI is InChI=1S/C13H28N2O/c1-10-7-15(8-11(2)16-10)9-12(3,4)13(5,6)14/h10-11H,7-9,14H2,1-6H3. The van der Waals surface area contributed by atoms with Gasteiger partial charge in [-0.25, -0.2) is 0 Å². The van der Waals surface area contributed by atoms with Crippen molar-refractivity contribution in [2.75, 3.05) is 19.6 Å². The Morgan fingerprint density at radius 2 is 1.56 bits per heavy atom. The van der Waals surface area contributed by atoms with Crippen molar-refractivity contribution in [1.82, 2.24) is 4.90 Å². The Balaban J connectivity index is 2.60. The highest BCUT2D eigenvalue weighted by molar-refractivity contribution is 4.93. The van der Waals surface area contributed by atoms with Gasteiger partial charge in [0.05, 0.1) is 12.2 Å². The molecule has 3 nitrogen and oxygen atoms in total. The number of hydrogen-bond acceptors (Lipinski definition) is 3. The SMILES string of the molecule is CC1CN(CC(C)(C)C(C)(C)N)CC(C)O1. The van der Waals surface area contributed by atoms with Crippen LogP contribution in [0.25, 0.3) is 0 Å². The van der Waals surface area contributed by atoms with Crippen molar-refractivity contribution in [2.24, 2.45) is 11.1 Å². The van der Waals surface area contributed by atoms with Crippen LogP contribution in [0.2, 0.25) is 0 Å². The topological polar surface area (TPSA) is 38.5 Å². The van der Waals surface area contributed by atoms with Crippen molar-refractivity contribution < 1.29 is 4.74 Å². The average molecular weight is 228 g/mol. The first-order chi connectivity index (χ1) is 7.12. The number of nitrogens with two attached hydrogens (primary N) is 1. The van der Waals surface area contributed by atoms with E-state index in [4.69, 9.17) is 10.5 Å². The molecule has 0 aromatic carbocycles. The molecule has 2 unspecified atom stereocenters. The normalized spacial score (nSPS) is 29.4. The molecule has 96 valence electrons. The molecule has 1 aliphatic heterocycles. The summed E-state index contributed by atoms with van der Waals surface area (Å²) in [6.45, 7) is 16.1. The minimum absolute atomic E-state index is 0.115. The minimum atomic E-state index is -0.155. The summed E-state index contributed by atoms with van der Waals surface area (Å²) in [7, 11) is 0. The summed E-state index contributed by atoms with van der Waals surface area (Å²) in [5, 5.41) is 0. The second kappa shape index (κ2) is 4.63. The van der Waals surface area contributed by atoms with E-state index < -0.39 is 0 Å². The van der Waals surface area contributed by atoms with E-state index in [-0.39, 0.29) is 11.0 Å². The molecule has 0 aliphatic carbocycles. The van der Waals surface area contributed by atoms with Crippen LogP contribution in [-0.2, 0) is 4.74 Å². The molecule has 0 aromatic heterocycles. The number of hydrogen-bond donors (Lipinski definition) is 1. The second-order valence-electron chi connectivity index (χ2n) is 6.56. The Labute approximate surface area is 100 Å². The van der Waals surface area contributed by atoms with Crippen molar-refractivity contribution in [2.45, 2.75) is 59.3 Å². The lowest BCUT2D eigenvalue weighted by Gasteiger charge is -2.45. The molecule has 0 bridgehead atoms. The number of nitrogens with zero attached hydrogens (tertiary/aromatic N) is 1. The quantitative estimate of drug-likeness (QED) is 0.801. The van der Waals surface area contributed by atoms with Crippen LogP contribution in [-0.4, -0.2) is 42.3 Å². The number of ether oxygens (including phenoxy) is 1. The summed E-state index contributed by atoms with van der Waals surface area (Å²) in [6.07, 6.45) is 0.667. The van der Waals surface area contributed by atoms with Gasteiger partial charge in [0.1, 0.15) is 0 Å². The molecule has 0 aromatic rings. The maximum Gasteiger partial charge on any atom is 0.0678 e. The van der Waals surface area contributed by atoms with Crippen LogP contribution in [0.3, 0.4) is 0 Å². The molecular formula is C13H28N2O. The molecule has 1 fully saturated rings. The monoisotopic (exact) mass is 228 g/mol. The van der Waals surface area contributed by atoms with Crippen LogP contribution in [0.15, 0.2) is 0 Å². The Kier molecular flexibility index (Phi) is 4.04. The summed E-state index contributed by atoms with van der Waals surface area (Å²) >= 11 is 0. The molecule has 0 spiro atoms. The average Bonchev–Trinajstić information content (AvgIpc) is 1.97. The van der Waals surface area contributed by atoms with Crippen LogP contribution in [0.1, 0.15) is 41.5 Å². The van der Waals surface area contributed by atoms with Gasteiger partial charge in [0.25, 0.3) is 0 Å². The molecule has 3 heteroatoms. The van der Waals surface area contributed by atoms with E-state index >= 15 is 0 Å². The molecule has 16 heavy (non-hydrogen) atoms. The van der Waals surface area contributed by atoms with Crippen molar-refractivity contribution in [3.63, 3.8) is 0 Å². The van der Waals surface area contributed by atoms with Crippen LogP contribution >= 0.6 is 0 Å². The highest BCUT2D eigenvalue weighted by atomic mass is 16.5. The molecular weight excluding hydrogens is 200 g/mol. The van der Waals surface area contributed by atoms with Crippen LogP contribution in [0.4, 0.5) is 0 Å². The molecule has 1 aliphatic rings. The predicted molar refractivity (Wildman–Crippen MR) is 68.5 cm³/mol. The Morgan fingerprint density at radius 1 is 1.12 bits per heavy atom. The molecule has 0 amide bonds. The summed E-state index contributed by atoms with van der Waals surface area (Å²) in [4.78, 5) is 2.48. The fraction of sp³-hybridized carbons (Fsp3) is 1.00. The van der Waals surface area contributed by atoms with Crippen LogP contribution < -0.4 is 5.73 Å². The van der Waals surface area contributed by atoms with Gasteiger partial charge in [-0.3, -0.25) is 4.90 Å². The smallest absolute Gasteiger partial charge is 0.0678 e. The minimum Gasteiger partial charge on any atom is -0.373 e. The lowest BCUT2D eigenvalue weighted by atomic mass is 9.74. The van der Waals surface area contributed by atoms with Crippen LogP contribution in [0.5, 0.6) is 0 Å². The Morgan fingerprint density at radius 3 is 1.94 bits per heavy atom. The van der Waals surface area contributed by atoms with E-state index in [0.29, 0.717) is 12.2 Å². The Hall–Kier alpha value is -0.120. The maximum atomic E-state index is 6.24. The highest BCUT2D eigenvalue weighted by Gasteiger charge is 2.36. The molecule has 1 saturated heterocycles. The first kappa shape index (κ1) is 13.9. The fourth-order valence-electron chi connectivity index (χ4n) is 2.18. The van der Waals surface area contributed by atoms with Crippen molar-refractivity contribution in [3.05, 3.63) is 0 Å². The van der Waals surface area contributed by atoms with Gasteiger partial charge in [0.15, 0.2) is 0 Å². The molecule has 0 saturated carbocycles. The summed E-state index contributed by atoms with van der Waals surface area (Å²) in [5.41, 5.74) is 6.20. The largest absolute Gasteiger partial charge is 0.373 e. The number of rotatable bonds is 3. The number of morpholine rings is 1. The molecule has 2 atom stereocenters. The summed E-state index contributed by atoms with van der Waals surface area (Å²) in [6, 6.07) is 0. The lowest BCUT2D eigenvalue weighted by molar-refractivity contribution is -0.0796. The second-order valence-corrected chi connectivity index (χ2v) is 6.56. The van der Waals surface area contributed by atoms with Gasteiger partial charge in [-0.1, -0.05) is 13.8 Å². The molecule has 0 radical (unpaired) electrons. The van der Waals surface area contributed by atoms with Crippen molar-refractivity contribution in [1.29, 1.82) is 0 Å². The van der Waals surface area contributed by atoms with Gasteiger partial charge in [-0.2, -0.15) is 0 Å². The van der Waals surface area contributed by atoms with E-state index in [9.17, 15) is 0 Å². The zero-order valence-electron chi connectivity index (χ0n) is 11.7. The van der Waals surface area contributed by atoms with E-state index in [1.807, 2.05) is 0 Å².